The van der Waals surface area contributed by atoms with Crippen LogP contribution in [0.5, 0.6) is 0 Å². The van der Waals surface area contributed by atoms with E-state index in [2.05, 4.69) is 24.0 Å². The molecule has 0 saturated carbocycles. The third-order valence-electron chi connectivity index (χ3n) is 4.46. The molecule has 3 aromatic carbocycles. The number of para-hydroxylation sites is 1. The van der Waals surface area contributed by atoms with E-state index in [1.54, 1.807) is 42.1 Å². The molecule has 0 aliphatic rings. The Balaban J connectivity index is 1.74. The molecule has 27 heavy (non-hydrogen) atoms. The summed E-state index contributed by atoms with van der Waals surface area (Å²) in [5, 5.41) is 0.751. The average Bonchev–Trinajstić information content (AvgIpc) is 2.69. The fraction of sp³-hybridized carbons (Fsp3) is 0.0909. The SMILES string of the molecule is CC(Sc1cccc(-n2c(=O)[nH]c3ccccc3c2=O)c1)c1ccccc1. The monoisotopic (exact) mass is 374 g/mol. The van der Waals surface area contributed by atoms with Gasteiger partial charge in [0, 0.05) is 10.1 Å². The first kappa shape index (κ1) is 17.4. The maximum atomic E-state index is 12.8. The molecule has 4 nitrogen and oxygen atoms in total. The quantitative estimate of drug-likeness (QED) is 0.534. The number of hydrogen-bond donors (Lipinski definition) is 1. The number of aromatic amines is 1. The van der Waals surface area contributed by atoms with E-state index in [1.165, 1.54) is 10.1 Å². The van der Waals surface area contributed by atoms with Crippen molar-refractivity contribution in [3.05, 3.63) is 105 Å². The predicted octanol–water partition coefficient (Wildman–Crippen LogP) is 4.53. The van der Waals surface area contributed by atoms with Gasteiger partial charge in [0.05, 0.1) is 16.6 Å². The molecular formula is C22H18N2O2S. The summed E-state index contributed by atoms with van der Waals surface area (Å²) in [5.74, 6) is 0. The van der Waals surface area contributed by atoms with Gasteiger partial charge in [-0.3, -0.25) is 4.79 Å². The van der Waals surface area contributed by atoms with Crippen molar-refractivity contribution in [1.82, 2.24) is 9.55 Å². The number of benzene rings is 3. The summed E-state index contributed by atoms with van der Waals surface area (Å²) in [6, 6.07) is 24.8. The van der Waals surface area contributed by atoms with Crippen LogP contribution in [0.4, 0.5) is 0 Å². The van der Waals surface area contributed by atoms with Crippen LogP contribution in [0.15, 0.2) is 93.3 Å². The highest BCUT2D eigenvalue weighted by molar-refractivity contribution is 7.99. The highest BCUT2D eigenvalue weighted by Gasteiger charge is 2.11. The molecule has 0 aliphatic carbocycles. The number of nitrogens with one attached hydrogen (secondary N) is 1. The summed E-state index contributed by atoms with van der Waals surface area (Å²) in [4.78, 5) is 29.1. The van der Waals surface area contributed by atoms with Crippen molar-refractivity contribution < 1.29 is 0 Å². The molecule has 1 unspecified atom stereocenters. The van der Waals surface area contributed by atoms with Crippen LogP contribution in [-0.2, 0) is 0 Å². The Hall–Kier alpha value is -3.05. The maximum Gasteiger partial charge on any atom is 0.333 e. The molecule has 4 rings (SSSR count). The van der Waals surface area contributed by atoms with Gasteiger partial charge in [-0.25, -0.2) is 9.36 Å². The van der Waals surface area contributed by atoms with Crippen LogP contribution in [0.1, 0.15) is 17.7 Å². The van der Waals surface area contributed by atoms with Crippen LogP contribution in [-0.4, -0.2) is 9.55 Å². The van der Waals surface area contributed by atoms with Crippen molar-refractivity contribution in [2.45, 2.75) is 17.1 Å². The number of nitrogens with zero attached hydrogens (tertiary/aromatic N) is 1. The van der Waals surface area contributed by atoms with Crippen molar-refractivity contribution in [1.29, 1.82) is 0 Å². The lowest BCUT2D eigenvalue weighted by atomic mass is 10.2. The van der Waals surface area contributed by atoms with Crippen LogP contribution in [0.3, 0.4) is 0 Å². The molecule has 0 amide bonds. The molecule has 1 N–H and O–H groups in total. The number of hydrogen-bond acceptors (Lipinski definition) is 3. The van der Waals surface area contributed by atoms with Crippen molar-refractivity contribution >= 4 is 22.7 Å². The van der Waals surface area contributed by atoms with Crippen molar-refractivity contribution in [2.24, 2.45) is 0 Å². The molecule has 0 spiro atoms. The van der Waals surface area contributed by atoms with E-state index >= 15 is 0 Å². The number of aromatic nitrogens is 2. The van der Waals surface area contributed by atoms with Gasteiger partial charge in [0.15, 0.2) is 0 Å². The molecule has 4 aromatic rings. The van der Waals surface area contributed by atoms with Crippen molar-refractivity contribution in [3.8, 4) is 5.69 Å². The first-order chi connectivity index (χ1) is 13.1. The Morgan fingerprint density at radius 3 is 2.44 bits per heavy atom. The maximum absolute atomic E-state index is 12.8. The largest absolute Gasteiger partial charge is 0.333 e. The Kier molecular flexibility index (Phi) is 4.69. The minimum Gasteiger partial charge on any atom is -0.306 e. The Labute approximate surface area is 160 Å². The summed E-state index contributed by atoms with van der Waals surface area (Å²) >= 11 is 1.69. The molecule has 0 saturated heterocycles. The van der Waals surface area contributed by atoms with Crippen LogP contribution < -0.4 is 11.2 Å². The zero-order valence-electron chi connectivity index (χ0n) is 14.8. The molecule has 0 fully saturated rings. The molecule has 1 aromatic heterocycles. The van der Waals surface area contributed by atoms with Gasteiger partial charge in [-0.05, 0) is 42.8 Å². The third-order valence-corrected chi connectivity index (χ3v) is 5.61. The second-order valence-electron chi connectivity index (χ2n) is 6.28. The molecular weight excluding hydrogens is 356 g/mol. The summed E-state index contributed by atoms with van der Waals surface area (Å²) in [7, 11) is 0. The van der Waals surface area contributed by atoms with Gasteiger partial charge in [-0.2, -0.15) is 0 Å². The Morgan fingerprint density at radius 1 is 0.889 bits per heavy atom. The molecule has 0 bridgehead atoms. The lowest BCUT2D eigenvalue weighted by molar-refractivity contribution is 0.897. The summed E-state index contributed by atoms with van der Waals surface area (Å²) < 4.78 is 1.19. The zero-order valence-corrected chi connectivity index (χ0v) is 15.6. The van der Waals surface area contributed by atoms with Crippen LogP contribution in [0.2, 0.25) is 0 Å². The first-order valence-electron chi connectivity index (χ1n) is 8.69. The highest BCUT2D eigenvalue weighted by atomic mass is 32.2. The predicted molar refractivity (Wildman–Crippen MR) is 111 cm³/mol. The topological polar surface area (TPSA) is 54.9 Å². The molecule has 134 valence electrons. The number of thioether (sulfide) groups is 1. The first-order valence-corrected chi connectivity index (χ1v) is 9.57. The molecule has 0 radical (unpaired) electrons. The molecule has 5 heteroatoms. The lowest BCUT2D eigenvalue weighted by Crippen LogP contribution is -2.33. The minimum absolute atomic E-state index is 0.257. The van der Waals surface area contributed by atoms with E-state index in [0.29, 0.717) is 16.6 Å². The normalized spacial score (nSPS) is 12.2. The van der Waals surface area contributed by atoms with Crippen LogP contribution >= 0.6 is 11.8 Å². The zero-order chi connectivity index (χ0) is 18.8. The summed E-state index contributed by atoms with van der Waals surface area (Å²) in [6.07, 6.45) is 0. The lowest BCUT2D eigenvalue weighted by Gasteiger charge is -2.13. The van der Waals surface area contributed by atoms with Crippen molar-refractivity contribution in [2.75, 3.05) is 0 Å². The standard InChI is InChI=1S/C22H18N2O2S/c1-15(16-8-3-2-4-9-16)27-18-11-7-10-17(14-18)24-21(25)19-12-5-6-13-20(19)23-22(24)26/h2-15H,1H3,(H,23,26). The number of rotatable bonds is 4. The second-order valence-corrected chi connectivity index (χ2v) is 7.70. The minimum atomic E-state index is -0.433. The van der Waals surface area contributed by atoms with Gasteiger partial charge in [-0.1, -0.05) is 48.5 Å². The number of fused-ring (bicyclic) bond motifs is 1. The van der Waals surface area contributed by atoms with E-state index < -0.39 is 5.69 Å². The van der Waals surface area contributed by atoms with Crippen LogP contribution in [0.25, 0.3) is 16.6 Å². The van der Waals surface area contributed by atoms with E-state index in [9.17, 15) is 9.59 Å². The van der Waals surface area contributed by atoms with Gasteiger partial charge in [-0.15, -0.1) is 11.8 Å². The fourth-order valence-corrected chi connectivity index (χ4v) is 4.14. The van der Waals surface area contributed by atoms with Gasteiger partial charge in [0.2, 0.25) is 0 Å². The van der Waals surface area contributed by atoms with Gasteiger partial charge in [0.25, 0.3) is 5.56 Å². The second kappa shape index (κ2) is 7.29. The molecule has 0 aliphatic heterocycles. The van der Waals surface area contributed by atoms with Crippen molar-refractivity contribution in [3.63, 3.8) is 0 Å². The van der Waals surface area contributed by atoms with Gasteiger partial charge >= 0.3 is 5.69 Å². The molecule has 1 atom stereocenters. The average molecular weight is 374 g/mol. The highest BCUT2D eigenvalue weighted by Crippen LogP contribution is 2.35. The Bertz CT molecular complexity index is 1210. The van der Waals surface area contributed by atoms with Crippen LogP contribution in [0, 0.1) is 0 Å². The van der Waals surface area contributed by atoms with E-state index in [1.807, 2.05) is 36.4 Å². The Morgan fingerprint density at radius 2 is 1.63 bits per heavy atom. The van der Waals surface area contributed by atoms with E-state index in [-0.39, 0.29) is 10.8 Å². The number of H-pyrrole nitrogens is 1. The van der Waals surface area contributed by atoms with E-state index in [0.717, 1.165) is 4.90 Å². The molecule has 1 heterocycles. The summed E-state index contributed by atoms with van der Waals surface area (Å²) in [5.41, 5.74) is 1.60. The fourth-order valence-electron chi connectivity index (χ4n) is 3.09. The van der Waals surface area contributed by atoms with Gasteiger partial charge in [0.1, 0.15) is 0 Å². The summed E-state index contributed by atoms with van der Waals surface area (Å²) in [6.45, 7) is 2.14. The van der Waals surface area contributed by atoms with E-state index in [4.69, 9.17) is 0 Å². The smallest absolute Gasteiger partial charge is 0.306 e. The third kappa shape index (κ3) is 3.46. The van der Waals surface area contributed by atoms with Gasteiger partial charge < -0.3 is 4.98 Å².